The van der Waals surface area contributed by atoms with Gasteiger partial charge >= 0.3 is 0 Å². The highest BCUT2D eigenvalue weighted by molar-refractivity contribution is 8.18. The smallest absolute Gasteiger partial charge is 0.266 e. The highest BCUT2D eigenvalue weighted by Crippen LogP contribution is 2.32. The molecule has 0 radical (unpaired) electrons. The van der Waals surface area contributed by atoms with Crippen molar-refractivity contribution in [2.75, 3.05) is 14.1 Å². The summed E-state index contributed by atoms with van der Waals surface area (Å²) in [4.78, 5) is 18.1. The quantitative estimate of drug-likeness (QED) is 0.732. The van der Waals surface area contributed by atoms with Gasteiger partial charge in [-0.2, -0.15) is 0 Å². The Balaban J connectivity index is 2.37. The van der Waals surface area contributed by atoms with Gasteiger partial charge < -0.3 is 0 Å². The van der Waals surface area contributed by atoms with Crippen LogP contribution < -0.4 is 0 Å². The van der Waals surface area contributed by atoms with Crippen molar-refractivity contribution in [2.45, 2.75) is 0 Å². The lowest BCUT2D eigenvalue weighted by Crippen LogP contribution is -2.23. The molecule has 2 rings (SSSR count). The number of thioether (sulfide) groups is 1. The molecule has 1 aliphatic rings. The van der Waals surface area contributed by atoms with Gasteiger partial charge in [0.15, 0.2) is 5.17 Å². The molecule has 0 aliphatic carbocycles. The molecule has 0 aromatic heterocycles. The summed E-state index contributed by atoms with van der Waals surface area (Å²) in [7, 11) is 3.38. The topological polar surface area (TPSA) is 32.7 Å². The second-order valence-corrected chi connectivity index (χ2v) is 4.92. The van der Waals surface area contributed by atoms with Crippen molar-refractivity contribution in [3.05, 3.63) is 39.8 Å². The molecule has 1 fully saturated rings. The minimum absolute atomic E-state index is 0.0458. The fourth-order valence-corrected chi connectivity index (χ4v) is 2.59. The molecule has 1 aromatic rings. The maximum absolute atomic E-state index is 11.9. The molecule has 1 aromatic carbocycles. The van der Waals surface area contributed by atoms with Crippen LogP contribution in [0, 0.1) is 0 Å². The molecule has 3 nitrogen and oxygen atoms in total. The van der Waals surface area contributed by atoms with E-state index in [1.54, 1.807) is 26.2 Å². The van der Waals surface area contributed by atoms with E-state index in [4.69, 9.17) is 11.6 Å². The number of amidine groups is 1. The molecule has 5 heteroatoms. The van der Waals surface area contributed by atoms with Crippen LogP contribution in [0.3, 0.4) is 0 Å². The van der Waals surface area contributed by atoms with Crippen LogP contribution in [0.25, 0.3) is 6.08 Å². The number of aliphatic imine (C=N–C) groups is 1. The third-order valence-electron chi connectivity index (χ3n) is 2.39. The fourth-order valence-electron chi connectivity index (χ4n) is 1.48. The maximum Gasteiger partial charge on any atom is 0.266 e. The number of halogens is 1. The fraction of sp³-hybridized carbons (Fsp3) is 0.167. The van der Waals surface area contributed by atoms with Crippen molar-refractivity contribution in [3.8, 4) is 0 Å². The minimum Gasteiger partial charge on any atom is -0.290 e. The number of rotatable bonds is 1. The maximum atomic E-state index is 11.9. The first-order chi connectivity index (χ1) is 8.13. The molecule has 0 atom stereocenters. The van der Waals surface area contributed by atoms with Gasteiger partial charge in [0.2, 0.25) is 0 Å². The van der Waals surface area contributed by atoms with Gasteiger partial charge in [0.25, 0.3) is 5.91 Å². The average molecular weight is 267 g/mol. The normalized spacial score (nSPS) is 20.6. The number of carbonyl (C=O) groups is 1. The van der Waals surface area contributed by atoms with Gasteiger partial charge in [0.05, 0.1) is 4.91 Å². The molecule has 0 N–H and O–H groups in total. The first-order valence-electron chi connectivity index (χ1n) is 5.02. The van der Waals surface area contributed by atoms with E-state index < -0.39 is 0 Å². The van der Waals surface area contributed by atoms with E-state index >= 15 is 0 Å². The molecule has 17 heavy (non-hydrogen) atoms. The zero-order valence-electron chi connectivity index (χ0n) is 9.48. The van der Waals surface area contributed by atoms with Crippen molar-refractivity contribution in [1.82, 2.24) is 4.90 Å². The Morgan fingerprint density at radius 2 is 2.12 bits per heavy atom. The van der Waals surface area contributed by atoms with Crippen LogP contribution in [0.4, 0.5) is 0 Å². The highest BCUT2D eigenvalue weighted by atomic mass is 35.5. The van der Waals surface area contributed by atoms with Gasteiger partial charge in [-0.3, -0.25) is 14.7 Å². The lowest BCUT2D eigenvalue weighted by atomic mass is 10.2. The number of hydrogen-bond donors (Lipinski definition) is 0. The Morgan fingerprint density at radius 3 is 2.71 bits per heavy atom. The van der Waals surface area contributed by atoms with Crippen LogP contribution in [-0.4, -0.2) is 30.1 Å². The summed E-state index contributed by atoms with van der Waals surface area (Å²) in [6.07, 6.45) is 1.80. The van der Waals surface area contributed by atoms with Gasteiger partial charge in [0, 0.05) is 19.1 Å². The number of amides is 1. The molecule has 1 amide bonds. The van der Waals surface area contributed by atoms with Gasteiger partial charge in [-0.1, -0.05) is 29.8 Å². The zero-order chi connectivity index (χ0) is 12.4. The van der Waals surface area contributed by atoms with E-state index in [1.165, 1.54) is 16.7 Å². The first kappa shape index (κ1) is 12.2. The van der Waals surface area contributed by atoms with Crippen molar-refractivity contribution in [2.24, 2.45) is 4.99 Å². The monoisotopic (exact) mass is 266 g/mol. The van der Waals surface area contributed by atoms with Gasteiger partial charge in [0.1, 0.15) is 0 Å². The number of carbonyl (C=O) groups excluding carboxylic acids is 1. The van der Waals surface area contributed by atoms with Crippen LogP contribution in [0.15, 0.2) is 34.2 Å². The number of hydrogen-bond acceptors (Lipinski definition) is 3. The van der Waals surface area contributed by atoms with Crippen molar-refractivity contribution < 1.29 is 4.79 Å². The van der Waals surface area contributed by atoms with Crippen molar-refractivity contribution in [1.29, 1.82) is 0 Å². The molecule has 0 bridgehead atoms. The van der Waals surface area contributed by atoms with Crippen LogP contribution in [0.2, 0.25) is 5.02 Å². The van der Waals surface area contributed by atoms with E-state index in [2.05, 4.69) is 4.99 Å². The molecule has 1 heterocycles. The second-order valence-electron chi connectivity index (χ2n) is 3.50. The van der Waals surface area contributed by atoms with E-state index in [-0.39, 0.29) is 5.91 Å². The SMILES string of the molecule is CN=C1S/C(=C/c2ccccc2Cl)C(=O)N1C. The number of likely N-dealkylation sites (N-methyl/N-ethyl adjacent to an activating group) is 1. The summed E-state index contributed by atoms with van der Waals surface area (Å²) >= 11 is 7.41. The molecule has 1 aliphatic heterocycles. The molecular weight excluding hydrogens is 256 g/mol. The van der Waals surface area contributed by atoms with Crippen molar-refractivity contribution >= 4 is 40.5 Å². The predicted molar refractivity (Wildman–Crippen MR) is 73.1 cm³/mol. The molecule has 0 spiro atoms. The van der Waals surface area contributed by atoms with E-state index in [9.17, 15) is 4.79 Å². The number of nitrogens with zero attached hydrogens (tertiary/aromatic N) is 2. The summed E-state index contributed by atoms with van der Waals surface area (Å²) in [5.41, 5.74) is 0.843. The lowest BCUT2D eigenvalue weighted by Gasteiger charge is -2.05. The Bertz CT molecular complexity index is 525. The summed E-state index contributed by atoms with van der Waals surface area (Å²) in [5.74, 6) is -0.0458. The molecule has 0 saturated carbocycles. The third kappa shape index (κ3) is 2.37. The Kier molecular flexibility index (Phi) is 3.54. The minimum atomic E-state index is -0.0458. The summed E-state index contributed by atoms with van der Waals surface area (Å²) in [5, 5.41) is 1.34. The second kappa shape index (κ2) is 4.94. The molecule has 88 valence electrons. The van der Waals surface area contributed by atoms with Gasteiger partial charge in [-0.15, -0.1) is 0 Å². The highest BCUT2D eigenvalue weighted by Gasteiger charge is 2.29. The predicted octanol–water partition coefficient (Wildman–Crippen LogP) is 2.87. The lowest BCUT2D eigenvalue weighted by molar-refractivity contribution is -0.121. The zero-order valence-corrected chi connectivity index (χ0v) is 11.0. The molecule has 0 unspecified atom stereocenters. The Labute approximate surface area is 109 Å². The standard InChI is InChI=1S/C12H11ClN2OS/c1-14-12-15(2)11(16)10(17-12)7-8-5-3-4-6-9(8)13/h3-7H,1-2H3/b10-7+,14-12?. The van der Waals surface area contributed by atoms with Gasteiger partial charge in [-0.25, -0.2) is 0 Å². The molecular formula is C12H11ClN2OS. The van der Waals surface area contributed by atoms with Crippen LogP contribution >= 0.6 is 23.4 Å². The van der Waals surface area contributed by atoms with Crippen LogP contribution in [0.1, 0.15) is 5.56 Å². The van der Waals surface area contributed by atoms with Crippen LogP contribution in [-0.2, 0) is 4.79 Å². The number of benzene rings is 1. The third-order valence-corrected chi connectivity index (χ3v) is 3.88. The average Bonchev–Trinajstić information content (AvgIpc) is 2.60. The Morgan fingerprint density at radius 1 is 1.41 bits per heavy atom. The van der Waals surface area contributed by atoms with E-state index in [0.29, 0.717) is 15.1 Å². The van der Waals surface area contributed by atoms with E-state index in [1.807, 2.05) is 18.2 Å². The Hall–Kier alpha value is -1.26. The van der Waals surface area contributed by atoms with Crippen LogP contribution in [0.5, 0.6) is 0 Å². The summed E-state index contributed by atoms with van der Waals surface area (Å²) in [6.45, 7) is 0. The largest absolute Gasteiger partial charge is 0.290 e. The molecule has 1 saturated heterocycles. The van der Waals surface area contributed by atoms with Crippen molar-refractivity contribution in [3.63, 3.8) is 0 Å². The first-order valence-corrected chi connectivity index (χ1v) is 6.22. The van der Waals surface area contributed by atoms with E-state index in [0.717, 1.165) is 5.56 Å². The van der Waals surface area contributed by atoms with Gasteiger partial charge in [-0.05, 0) is 29.5 Å². The summed E-state index contributed by atoms with van der Waals surface area (Å²) in [6, 6.07) is 7.43. The summed E-state index contributed by atoms with van der Waals surface area (Å²) < 4.78 is 0.